The zero-order valence-corrected chi connectivity index (χ0v) is 14.2. The molecule has 1 saturated heterocycles. The molecule has 1 aromatic carbocycles. The van der Waals surface area contributed by atoms with Crippen LogP contribution < -0.4 is 10.6 Å². The van der Waals surface area contributed by atoms with Crippen LogP contribution in [0.5, 0.6) is 0 Å². The van der Waals surface area contributed by atoms with Gasteiger partial charge in [0.15, 0.2) is 0 Å². The predicted octanol–water partition coefficient (Wildman–Crippen LogP) is 2.04. The number of aryl methyl sites for hydroxylation is 1. The Hall–Kier alpha value is -1.76. The van der Waals surface area contributed by atoms with Crippen molar-refractivity contribution in [3.63, 3.8) is 0 Å². The van der Waals surface area contributed by atoms with Gasteiger partial charge in [0.2, 0.25) is 5.91 Å². The first-order chi connectivity index (χ1) is 11.2. The van der Waals surface area contributed by atoms with Crippen LogP contribution in [0, 0.1) is 6.92 Å². The minimum Gasteiger partial charge on any atom is -0.325 e. The van der Waals surface area contributed by atoms with E-state index >= 15 is 0 Å². The Morgan fingerprint density at radius 1 is 1.35 bits per heavy atom. The molecule has 1 fully saturated rings. The van der Waals surface area contributed by atoms with E-state index in [1.54, 1.807) is 11.3 Å². The third-order valence-electron chi connectivity index (χ3n) is 3.93. The normalized spacial score (nSPS) is 15.5. The van der Waals surface area contributed by atoms with Gasteiger partial charge in [-0.25, -0.2) is 4.98 Å². The molecule has 0 bridgehead atoms. The molecule has 6 heteroatoms. The van der Waals surface area contributed by atoms with Gasteiger partial charge in [-0.3, -0.25) is 9.69 Å². The number of nitrogens with zero attached hydrogens (tertiary/aromatic N) is 2. The van der Waals surface area contributed by atoms with Crippen LogP contribution in [-0.4, -0.2) is 42.0 Å². The second-order valence-electron chi connectivity index (χ2n) is 5.80. The predicted molar refractivity (Wildman–Crippen MR) is 93.8 cm³/mol. The van der Waals surface area contributed by atoms with Crippen LogP contribution in [0.1, 0.15) is 16.3 Å². The highest BCUT2D eigenvalue weighted by Crippen LogP contribution is 2.16. The molecule has 23 heavy (non-hydrogen) atoms. The Morgan fingerprint density at radius 2 is 2.13 bits per heavy atom. The van der Waals surface area contributed by atoms with Crippen LogP contribution >= 0.6 is 11.3 Å². The summed E-state index contributed by atoms with van der Waals surface area (Å²) < 4.78 is 0. The first kappa shape index (κ1) is 16.1. The highest BCUT2D eigenvalue weighted by molar-refractivity contribution is 7.09. The molecule has 0 saturated carbocycles. The number of piperazine rings is 1. The Morgan fingerprint density at radius 3 is 2.91 bits per heavy atom. The first-order valence-corrected chi connectivity index (χ1v) is 8.80. The minimum atomic E-state index is -0.0117. The fourth-order valence-corrected chi connectivity index (χ4v) is 3.43. The maximum absolute atomic E-state index is 12.2. The Kier molecular flexibility index (Phi) is 5.38. The average Bonchev–Trinajstić information content (AvgIpc) is 2.97. The topological polar surface area (TPSA) is 57.3 Å². The standard InChI is InChI=1S/C17H22N4OS/c1-13-4-2-3-5-15(13)20-16(22)10-17-19-14(12-23-17)11-21-8-6-18-7-9-21/h2-5,12,18H,6-11H2,1H3,(H,20,22). The third kappa shape index (κ3) is 4.60. The molecule has 0 aliphatic carbocycles. The fourth-order valence-electron chi connectivity index (χ4n) is 2.65. The van der Waals surface area contributed by atoms with Gasteiger partial charge in [0.05, 0.1) is 12.1 Å². The second-order valence-corrected chi connectivity index (χ2v) is 6.74. The summed E-state index contributed by atoms with van der Waals surface area (Å²) in [4.78, 5) is 19.2. The Balaban J connectivity index is 1.54. The van der Waals surface area contributed by atoms with Gasteiger partial charge in [0.25, 0.3) is 0 Å². The molecule has 122 valence electrons. The number of carbonyl (C=O) groups excluding carboxylic acids is 1. The number of amides is 1. The lowest BCUT2D eigenvalue weighted by atomic mass is 10.2. The van der Waals surface area contributed by atoms with Crippen LogP contribution in [0.4, 0.5) is 5.69 Å². The van der Waals surface area contributed by atoms with E-state index in [0.717, 1.165) is 54.7 Å². The summed E-state index contributed by atoms with van der Waals surface area (Å²) >= 11 is 1.57. The van der Waals surface area contributed by atoms with Crippen molar-refractivity contribution in [2.24, 2.45) is 0 Å². The molecule has 0 spiro atoms. The van der Waals surface area contributed by atoms with Crippen LogP contribution in [0.25, 0.3) is 0 Å². The molecular weight excluding hydrogens is 308 g/mol. The first-order valence-electron chi connectivity index (χ1n) is 7.92. The molecule has 5 nitrogen and oxygen atoms in total. The second kappa shape index (κ2) is 7.68. The van der Waals surface area contributed by atoms with E-state index in [2.05, 4.69) is 25.9 Å². The van der Waals surface area contributed by atoms with E-state index in [0.29, 0.717) is 6.42 Å². The van der Waals surface area contributed by atoms with Crippen molar-refractivity contribution < 1.29 is 4.79 Å². The van der Waals surface area contributed by atoms with Crippen LogP contribution in [0.15, 0.2) is 29.6 Å². The van der Waals surface area contributed by atoms with Crippen molar-refractivity contribution in [1.82, 2.24) is 15.2 Å². The van der Waals surface area contributed by atoms with Gasteiger partial charge in [0, 0.05) is 43.8 Å². The SMILES string of the molecule is Cc1ccccc1NC(=O)Cc1nc(CN2CCNCC2)cs1. The fraction of sp³-hybridized carbons (Fsp3) is 0.412. The van der Waals surface area contributed by atoms with Crippen molar-refractivity contribution in [3.8, 4) is 0 Å². The van der Waals surface area contributed by atoms with Gasteiger partial charge in [-0.2, -0.15) is 0 Å². The summed E-state index contributed by atoms with van der Waals surface area (Å²) in [5, 5.41) is 9.25. The number of para-hydroxylation sites is 1. The van der Waals surface area contributed by atoms with E-state index in [-0.39, 0.29) is 5.91 Å². The van der Waals surface area contributed by atoms with E-state index in [1.165, 1.54) is 0 Å². The van der Waals surface area contributed by atoms with Gasteiger partial charge in [-0.1, -0.05) is 18.2 Å². The number of hydrogen-bond donors (Lipinski definition) is 2. The molecule has 1 amide bonds. The summed E-state index contributed by atoms with van der Waals surface area (Å²) in [5.74, 6) is -0.0117. The number of nitrogens with one attached hydrogen (secondary N) is 2. The summed E-state index contributed by atoms with van der Waals surface area (Å²) in [6, 6.07) is 7.81. The van der Waals surface area contributed by atoms with E-state index < -0.39 is 0 Å². The molecule has 2 N–H and O–H groups in total. The highest BCUT2D eigenvalue weighted by Gasteiger charge is 2.13. The summed E-state index contributed by atoms with van der Waals surface area (Å²) in [6.07, 6.45) is 0.334. The lowest BCUT2D eigenvalue weighted by molar-refractivity contribution is -0.115. The zero-order chi connectivity index (χ0) is 16.1. The smallest absolute Gasteiger partial charge is 0.231 e. The number of rotatable bonds is 5. The van der Waals surface area contributed by atoms with Crippen molar-refractivity contribution >= 4 is 22.9 Å². The Bertz CT molecular complexity index is 664. The maximum Gasteiger partial charge on any atom is 0.231 e. The number of benzene rings is 1. The molecule has 2 heterocycles. The summed E-state index contributed by atoms with van der Waals surface area (Å²) in [6.45, 7) is 7.05. The molecule has 2 aromatic rings. The molecule has 0 radical (unpaired) electrons. The molecule has 3 rings (SSSR count). The number of anilines is 1. The van der Waals surface area contributed by atoms with Crippen molar-refractivity contribution in [1.29, 1.82) is 0 Å². The maximum atomic E-state index is 12.2. The summed E-state index contributed by atoms with van der Waals surface area (Å²) in [5.41, 5.74) is 3.00. The molecule has 1 aliphatic rings. The van der Waals surface area contributed by atoms with Crippen molar-refractivity contribution in [3.05, 3.63) is 45.9 Å². The zero-order valence-electron chi connectivity index (χ0n) is 13.3. The number of aromatic nitrogens is 1. The lowest BCUT2D eigenvalue weighted by Crippen LogP contribution is -2.42. The number of carbonyl (C=O) groups is 1. The molecule has 0 atom stereocenters. The Labute approximate surface area is 140 Å². The molecular formula is C17H22N4OS. The minimum absolute atomic E-state index is 0.0117. The van der Waals surface area contributed by atoms with Gasteiger partial charge < -0.3 is 10.6 Å². The molecule has 1 aliphatic heterocycles. The average molecular weight is 330 g/mol. The van der Waals surface area contributed by atoms with Crippen LogP contribution in [-0.2, 0) is 17.8 Å². The highest BCUT2D eigenvalue weighted by atomic mass is 32.1. The third-order valence-corrected chi connectivity index (χ3v) is 4.82. The number of hydrogen-bond acceptors (Lipinski definition) is 5. The molecule has 0 unspecified atom stereocenters. The van der Waals surface area contributed by atoms with Gasteiger partial charge in [-0.05, 0) is 18.6 Å². The van der Waals surface area contributed by atoms with E-state index in [4.69, 9.17) is 0 Å². The van der Waals surface area contributed by atoms with Crippen LogP contribution in [0.2, 0.25) is 0 Å². The van der Waals surface area contributed by atoms with Gasteiger partial charge in [0.1, 0.15) is 5.01 Å². The largest absolute Gasteiger partial charge is 0.325 e. The quantitative estimate of drug-likeness (QED) is 0.881. The van der Waals surface area contributed by atoms with Crippen LogP contribution in [0.3, 0.4) is 0 Å². The van der Waals surface area contributed by atoms with E-state index in [1.807, 2.05) is 31.2 Å². The summed E-state index contributed by atoms with van der Waals surface area (Å²) in [7, 11) is 0. The lowest BCUT2D eigenvalue weighted by Gasteiger charge is -2.26. The van der Waals surface area contributed by atoms with Crippen molar-refractivity contribution in [2.75, 3.05) is 31.5 Å². The van der Waals surface area contributed by atoms with Gasteiger partial charge in [-0.15, -0.1) is 11.3 Å². The monoisotopic (exact) mass is 330 g/mol. The van der Waals surface area contributed by atoms with Gasteiger partial charge >= 0.3 is 0 Å². The van der Waals surface area contributed by atoms with Crippen molar-refractivity contribution in [2.45, 2.75) is 19.9 Å². The number of thiazole rings is 1. The molecule has 1 aromatic heterocycles. The van der Waals surface area contributed by atoms with E-state index in [9.17, 15) is 4.79 Å².